The Morgan fingerprint density at radius 2 is 1.95 bits per heavy atom. The van der Waals surface area contributed by atoms with Gasteiger partial charge in [0.25, 0.3) is 0 Å². The van der Waals surface area contributed by atoms with Crippen LogP contribution in [0.15, 0.2) is 50.7 Å². The van der Waals surface area contributed by atoms with Crippen molar-refractivity contribution in [3.05, 3.63) is 47.1 Å². The van der Waals surface area contributed by atoms with E-state index in [1.54, 1.807) is 7.05 Å². The Balaban J connectivity index is 0.00000220. The van der Waals surface area contributed by atoms with Crippen LogP contribution in [0.1, 0.15) is 5.76 Å². The fourth-order valence-electron chi connectivity index (χ4n) is 1.83. The molecule has 2 N–H and O–H groups in total. The highest BCUT2D eigenvalue weighted by molar-refractivity contribution is 14.0. The van der Waals surface area contributed by atoms with Gasteiger partial charge < -0.3 is 19.6 Å². The van der Waals surface area contributed by atoms with Crippen molar-refractivity contribution < 1.29 is 4.42 Å². The second-order valence-corrected chi connectivity index (χ2v) is 5.08. The third kappa shape index (κ3) is 6.56. The van der Waals surface area contributed by atoms with Crippen LogP contribution in [0.5, 0.6) is 0 Å². The molecule has 0 aliphatic rings. The van der Waals surface area contributed by atoms with Crippen LogP contribution in [0.3, 0.4) is 0 Å². The SMILES string of the molecule is CN=C(NCCc1ccc(Br)o1)NCCn1cccc1.I. The third-order valence-electron chi connectivity index (χ3n) is 2.84. The quantitative estimate of drug-likeness (QED) is 0.391. The number of halogens is 2. The van der Waals surface area contributed by atoms with Gasteiger partial charge in [-0.3, -0.25) is 4.99 Å². The molecule has 0 aromatic carbocycles. The molecule has 0 spiro atoms. The zero-order chi connectivity index (χ0) is 14.2. The summed E-state index contributed by atoms with van der Waals surface area (Å²) >= 11 is 3.29. The number of aromatic nitrogens is 1. The normalized spacial score (nSPS) is 11.0. The Morgan fingerprint density at radius 1 is 1.24 bits per heavy atom. The lowest BCUT2D eigenvalue weighted by atomic mass is 10.3. The van der Waals surface area contributed by atoms with Gasteiger partial charge in [-0.1, -0.05) is 0 Å². The maximum atomic E-state index is 5.44. The van der Waals surface area contributed by atoms with E-state index in [1.165, 1.54) is 0 Å². The van der Waals surface area contributed by atoms with Crippen molar-refractivity contribution in [3.63, 3.8) is 0 Å². The van der Waals surface area contributed by atoms with Gasteiger partial charge in [-0.05, 0) is 40.2 Å². The molecule has 2 aromatic heterocycles. The zero-order valence-corrected chi connectivity index (χ0v) is 15.8. The van der Waals surface area contributed by atoms with Crippen LogP contribution in [0.2, 0.25) is 0 Å². The van der Waals surface area contributed by atoms with Crippen molar-refractivity contribution in [1.82, 2.24) is 15.2 Å². The number of hydrogen-bond donors (Lipinski definition) is 2. The molecule has 0 fully saturated rings. The topological polar surface area (TPSA) is 54.5 Å². The van der Waals surface area contributed by atoms with Gasteiger partial charge in [-0.25, -0.2) is 0 Å². The molecule has 0 amide bonds. The van der Waals surface area contributed by atoms with Crippen LogP contribution < -0.4 is 10.6 Å². The average molecular weight is 467 g/mol. The second-order valence-electron chi connectivity index (χ2n) is 4.30. The summed E-state index contributed by atoms with van der Waals surface area (Å²) in [4.78, 5) is 4.19. The highest BCUT2D eigenvalue weighted by atomic mass is 127. The number of guanidine groups is 1. The molecule has 2 aromatic rings. The number of nitrogens with one attached hydrogen (secondary N) is 2. The number of nitrogens with zero attached hydrogens (tertiary/aromatic N) is 2. The van der Waals surface area contributed by atoms with E-state index in [4.69, 9.17) is 4.42 Å². The highest BCUT2D eigenvalue weighted by Crippen LogP contribution is 2.13. The molecular formula is C14H20BrIN4O. The second kappa shape index (κ2) is 9.88. The van der Waals surface area contributed by atoms with E-state index >= 15 is 0 Å². The molecule has 7 heteroatoms. The van der Waals surface area contributed by atoms with Crippen LogP contribution in [0, 0.1) is 0 Å². The summed E-state index contributed by atoms with van der Waals surface area (Å²) < 4.78 is 8.33. The minimum absolute atomic E-state index is 0. The van der Waals surface area contributed by atoms with Gasteiger partial charge in [0.15, 0.2) is 10.6 Å². The predicted molar refractivity (Wildman–Crippen MR) is 99.3 cm³/mol. The largest absolute Gasteiger partial charge is 0.454 e. The maximum absolute atomic E-state index is 5.44. The smallest absolute Gasteiger partial charge is 0.191 e. The summed E-state index contributed by atoms with van der Waals surface area (Å²) in [6, 6.07) is 7.91. The molecule has 21 heavy (non-hydrogen) atoms. The van der Waals surface area contributed by atoms with Gasteiger partial charge in [-0.2, -0.15) is 0 Å². The molecule has 0 aliphatic carbocycles. The molecule has 0 atom stereocenters. The van der Waals surface area contributed by atoms with Gasteiger partial charge in [0.05, 0.1) is 0 Å². The summed E-state index contributed by atoms with van der Waals surface area (Å²) in [7, 11) is 1.77. The Bertz CT molecular complexity index is 539. The molecule has 0 bridgehead atoms. The summed E-state index contributed by atoms with van der Waals surface area (Å²) in [5.74, 6) is 1.76. The highest BCUT2D eigenvalue weighted by Gasteiger charge is 2.01. The van der Waals surface area contributed by atoms with Gasteiger partial charge in [0, 0.05) is 45.5 Å². The fraction of sp³-hybridized carbons (Fsp3) is 0.357. The molecular weight excluding hydrogens is 447 g/mol. The molecule has 0 radical (unpaired) electrons. The molecule has 116 valence electrons. The monoisotopic (exact) mass is 466 g/mol. The van der Waals surface area contributed by atoms with Crippen LogP contribution in [-0.2, 0) is 13.0 Å². The van der Waals surface area contributed by atoms with Crippen molar-refractivity contribution in [2.24, 2.45) is 4.99 Å². The molecule has 2 rings (SSSR count). The van der Waals surface area contributed by atoms with Crippen LogP contribution >= 0.6 is 39.9 Å². The van der Waals surface area contributed by atoms with Crippen molar-refractivity contribution in [1.29, 1.82) is 0 Å². The van der Waals surface area contributed by atoms with Crippen LogP contribution in [-0.4, -0.2) is 30.7 Å². The standard InChI is InChI=1S/C14H19BrN4O.HI/c1-16-14(18-8-11-19-9-2-3-10-19)17-7-6-12-4-5-13(15)20-12;/h2-5,9-10H,6-8,11H2,1H3,(H2,16,17,18);1H. The Hall–Kier alpha value is -0.960. The van der Waals surface area contributed by atoms with Crippen molar-refractivity contribution in [2.75, 3.05) is 20.1 Å². The van der Waals surface area contributed by atoms with E-state index in [0.29, 0.717) is 0 Å². The van der Waals surface area contributed by atoms with Gasteiger partial charge in [0.1, 0.15) is 5.76 Å². The Morgan fingerprint density at radius 3 is 2.57 bits per heavy atom. The van der Waals surface area contributed by atoms with E-state index < -0.39 is 0 Å². The van der Waals surface area contributed by atoms with E-state index in [2.05, 4.69) is 36.1 Å². The lowest BCUT2D eigenvalue weighted by Crippen LogP contribution is -2.39. The first-order valence-electron chi connectivity index (χ1n) is 6.57. The van der Waals surface area contributed by atoms with Crippen molar-refractivity contribution >= 4 is 45.9 Å². The van der Waals surface area contributed by atoms with Gasteiger partial charge in [0.2, 0.25) is 0 Å². The van der Waals surface area contributed by atoms with Crippen LogP contribution in [0.25, 0.3) is 0 Å². The summed E-state index contributed by atoms with van der Waals surface area (Å²) in [5, 5.41) is 6.54. The molecule has 0 unspecified atom stereocenters. The molecule has 0 aliphatic heterocycles. The van der Waals surface area contributed by atoms with Crippen molar-refractivity contribution in [3.8, 4) is 0 Å². The first-order valence-corrected chi connectivity index (χ1v) is 7.37. The van der Waals surface area contributed by atoms with E-state index in [1.807, 2.05) is 36.7 Å². The first kappa shape index (κ1) is 18.1. The minimum atomic E-state index is 0. The fourth-order valence-corrected chi connectivity index (χ4v) is 2.17. The minimum Gasteiger partial charge on any atom is -0.454 e. The molecule has 0 saturated carbocycles. The summed E-state index contributed by atoms with van der Waals surface area (Å²) in [6.07, 6.45) is 4.92. The zero-order valence-electron chi connectivity index (χ0n) is 11.9. The average Bonchev–Trinajstić information content (AvgIpc) is 3.09. The van der Waals surface area contributed by atoms with Crippen molar-refractivity contribution in [2.45, 2.75) is 13.0 Å². The molecule has 2 heterocycles. The summed E-state index contributed by atoms with van der Waals surface area (Å²) in [5.41, 5.74) is 0. The number of aliphatic imine (C=N–C) groups is 1. The van der Waals surface area contributed by atoms with E-state index in [9.17, 15) is 0 Å². The number of furan rings is 1. The maximum Gasteiger partial charge on any atom is 0.191 e. The third-order valence-corrected chi connectivity index (χ3v) is 3.27. The Labute approximate surface area is 150 Å². The van der Waals surface area contributed by atoms with Gasteiger partial charge in [-0.15, -0.1) is 24.0 Å². The van der Waals surface area contributed by atoms with E-state index in [-0.39, 0.29) is 24.0 Å². The number of rotatable bonds is 6. The number of hydrogen-bond acceptors (Lipinski definition) is 2. The predicted octanol–water partition coefficient (Wildman–Crippen LogP) is 2.87. The molecule has 0 saturated heterocycles. The lowest BCUT2D eigenvalue weighted by Gasteiger charge is -2.11. The van der Waals surface area contributed by atoms with E-state index in [0.717, 1.165) is 42.4 Å². The summed E-state index contributed by atoms with van der Waals surface area (Å²) in [6.45, 7) is 2.53. The Kier molecular flexibility index (Phi) is 8.51. The van der Waals surface area contributed by atoms with Crippen LogP contribution in [0.4, 0.5) is 0 Å². The van der Waals surface area contributed by atoms with Gasteiger partial charge >= 0.3 is 0 Å². The lowest BCUT2D eigenvalue weighted by molar-refractivity contribution is 0.486. The molecule has 5 nitrogen and oxygen atoms in total. The first-order chi connectivity index (χ1) is 9.78.